The van der Waals surface area contributed by atoms with Crippen LogP contribution in [-0.2, 0) is 9.16 Å². The summed E-state index contributed by atoms with van der Waals surface area (Å²) >= 11 is 0. The third-order valence-electron chi connectivity index (χ3n) is 4.66. The van der Waals surface area contributed by atoms with E-state index in [1.165, 1.54) is 0 Å². The van der Waals surface area contributed by atoms with Crippen LogP contribution in [0.5, 0.6) is 0 Å². The zero-order chi connectivity index (χ0) is 17.2. The van der Waals surface area contributed by atoms with Crippen molar-refractivity contribution in [3.63, 3.8) is 0 Å². The average Bonchev–Trinajstić information content (AvgIpc) is 2.27. The van der Waals surface area contributed by atoms with Crippen LogP contribution in [0.2, 0.25) is 18.1 Å². The van der Waals surface area contributed by atoms with Crippen LogP contribution in [0, 0.1) is 0 Å². The molecular formula is C17H35NO3Si. The zero-order valence-corrected chi connectivity index (χ0v) is 16.7. The molecule has 0 aliphatic heterocycles. The van der Waals surface area contributed by atoms with Gasteiger partial charge in [0.15, 0.2) is 8.32 Å². The average molecular weight is 330 g/mol. The molecule has 0 saturated heterocycles. The maximum Gasteiger partial charge on any atom is 0.407 e. The van der Waals surface area contributed by atoms with Crippen molar-refractivity contribution in [1.82, 2.24) is 5.32 Å². The van der Waals surface area contributed by atoms with Gasteiger partial charge in [-0.3, -0.25) is 0 Å². The van der Waals surface area contributed by atoms with Gasteiger partial charge in [-0.15, -0.1) is 0 Å². The topological polar surface area (TPSA) is 47.6 Å². The van der Waals surface area contributed by atoms with Crippen molar-refractivity contribution < 1.29 is 14.0 Å². The first-order valence-corrected chi connectivity index (χ1v) is 11.4. The van der Waals surface area contributed by atoms with Gasteiger partial charge in [0.2, 0.25) is 0 Å². The number of ether oxygens (including phenoxy) is 1. The van der Waals surface area contributed by atoms with Gasteiger partial charge in [-0.1, -0.05) is 20.8 Å². The molecule has 0 heterocycles. The molecule has 0 aromatic rings. The minimum Gasteiger partial charge on any atom is -0.444 e. The van der Waals surface area contributed by atoms with E-state index in [-0.39, 0.29) is 17.2 Å². The molecule has 5 heteroatoms. The summed E-state index contributed by atoms with van der Waals surface area (Å²) in [6, 6.07) is 0.217. The van der Waals surface area contributed by atoms with Gasteiger partial charge in [0, 0.05) is 12.1 Å². The summed E-state index contributed by atoms with van der Waals surface area (Å²) in [5, 5.41) is 3.23. The maximum atomic E-state index is 11.8. The van der Waals surface area contributed by atoms with Crippen LogP contribution < -0.4 is 5.32 Å². The van der Waals surface area contributed by atoms with Crippen molar-refractivity contribution in [3.05, 3.63) is 0 Å². The first-order chi connectivity index (χ1) is 9.80. The molecule has 0 bridgehead atoms. The third-order valence-corrected chi connectivity index (χ3v) is 9.20. The van der Waals surface area contributed by atoms with Crippen LogP contribution in [-0.4, -0.2) is 32.2 Å². The fourth-order valence-electron chi connectivity index (χ4n) is 2.39. The molecule has 0 spiro atoms. The summed E-state index contributed by atoms with van der Waals surface area (Å²) in [7, 11) is -1.69. The SMILES string of the molecule is CC(C)(C)OC(=O)N[C@H]1CC[C@H](O[Si](C)(C)C(C)(C)C)CC1. The van der Waals surface area contributed by atoms with Crippen molar-refractivity contribution in [2.45, 2.75) is 103 Å². The van der Waals surface area contributed by atoms with Crippen LogP contribution in [0.1, 0.15) is 67.2 Å². The van der Waals surface area contributed by atoms with E-state index in [4.69, 9.17) is 9.16 Å². The molecule has 1 saturated carbocycles. The molecule has 1 fully saturated rings. The Bertz CT molecular complexity index is 374. The van der Waals surface area contributed by atoms with E-state index in [0.717, 1.165) is 25.7 Å². The molecular weight excluding hydrogens is 294 g/mol. The van der Waals surface area contributed by atoms with Crippen LogP contribution in [0.25, 0.3) is 0 Å². The largest absolute Gasteiger partial charge is 0.444 e. The Morgan fingerprint density at radius 3 is 1.91 bits per heavy atom. The number of alkyl carbamates (subject to hydrolysis) is 1. The highest BCUT2D eigenvalue weighted by Crippen LogP contribution is 2.39. The molecule has 130 valence electrons. The second-order valence-corrected chi connectivity index (χ2v) is 13.8. The molecule has 1 aliphatic carbocycles. The number of rotatable bonds is 3. The van der Waals surface area contributed by atoms with E-state index in [2.05, 4.69) is 39.2 Å². The maximum absolute atomic E-state index is 11.8. The first-order valence-electron chi connectivity index (χ1n) is 8.47. The molecule has 4 nitrogen and oxygen atoms in total. The van der Waals surface area contributed by atoms with Gasteiger partial charge in [0.25, 0.3) is 0 Å². The van der Waals surface area contributed by atoms with E-state index >= 15 is 0 Å². The Hall–Kier alpha value is -0.553. The van der Waals surface area contributed by atoms with Gasteiger partial charge >= 0.3 is 6.09 Å². The van der Waals surface area contributed by atoms with Crippen molar-refractivity contribution in [1.29, 1.82) is 0 Å². The van der Waals surface area contributed by atoms with Crippen molar-refractivity contribution in [2.24, 2.45) is 0 Å². The Morgan fingerprint density at radius 2 is 1.50 bits per heavy atom. The lowest BCUT2D eigenvalue weighted by Gasteiger charge is -2.41. The highest BCUT2D eigenvalue weighted by molar-refractivity contribution is 6.74. The summed E-state index contributed by atoms with van der Waals surface area (Å²) in [5.41, 5.74) is -0.438. The summed E-state index contributed by atoms with van der Waals surface area (Å²) in [6.07, 6.45) is 4.02. The van der Waals surface area contributed by atoms with Crippen LogP contribution in [0.4, 0.5) is 4.79 Å². The summed E-state index contributed by atoms with van der Waals surface area (Å²) in [5.74, 6) is 0. The van der Waals surface area contributed by atoms with Gasteiger partial charge in [0.05, 0.1) is 0 Å². The molecule has 0 unspecified atom stereocenters. The van der Waals surface area contributed by atoms with E-state index in [9.17, 15) is 4.79 Å². The first kappa shape index (κ1) is 19.5. The molecule has 1 amide bonds. The molecule has 1 rings (SSSR count). The van der Waals surface area contributed by atoms with Crippen molar-refractivity contribution in [3.8, 4) is 0 Å². The zero-order valence-electron chi connectivity index (χ0n) is 15.7. The van der Waals surface area contributed by atoms with Crippen LogP contribution in [0.15, 0.2) is 0 Å². The van der Waals surface area contributed by atoms with Crippen LogP contribution >= 0.6 is 0 Å². The van der Waals surface area contributed by atoms with E-state index in [0.29, 0.717) is 6.10 Å². The molecule has 1 aliphatic rings. The monoisotopic (exact) mass is 329 g/mol. The van der Waals surface area contributed by atoms with E-state index in [1.54, 1.807) is 0 Å². The number of carbonyl (C=O) groups is 1. The molecule has 0 aromatic heterocycles. The lowest BCUT2D eigenvalue weighted by Crippen LogP contribution is -2.47. The summed E-state index contributed by atoms with van der Waals surface area (Å²) in [6.45, 7) is 17.1. The molecule has 0 aromatic carbocycles. The minimum absolute atomic E-state index is 0.217. The number of carbonyl (C=O) groups excluding carboxylic acids is 1. The number of hydrogen-bond acceptors (Lipinski definition) is 3. The van der Waals surface area contributed by atoms with Gasteiger partial charge in [-0.25, -0.2) is 4.79 Å². The van der Waals surface area contributed by atoms with Gasteiger partial charge < -0.3 is 14.5 Å². The molecule has 0 radical (unpaired) electrons. The standard InChI is InChI=1S/C17H35NO3Si/c1-16(2,3)20-15(19)18-13-9-11-14(12-10-13)21-22(7,8)17(4,5)6/h13-14H,9-12H2,1-8H3,(H,18,19)/t13-,14-. The quantitative estimate of drug-likeness (QED) is 0.753. The highest BCUT2D eigenvalue weighted by Gasteiger charge is 2.39. The second kappa shape index (κ2) is 6.91. The van der Waals surface area contributed by atoms with Crippen molar-refractivity contribution in [2.75, 3.05) is 0 Å². The van der Waals surface area contributed by atoms with Crippen LogP contribution in [0.3, 0.4) is 0 Å². The van der Waals surface area contributed by atoms with E-state index < -0.39 is 13.9 Å². The Morgan fingerprint density at radius 1 is 1.00 bits per heavy atom. The number of nitrogens with one attached hydrogen (secondary N) is 1. The van der Waals surface area contributed by atoms with Gasteiger partial charge in [-0.05, 0) is 64.6 Å². The summed E-state index contributed by atoms with van der Waals surface area (Å²) in [4.78, 5) is 11.8. The number of hydrogen-bond donors (Lipinski definition) is 1. The van der Waals surface area contributed by atoms with Gasteiger partial charge in [0.1, 0.15) is 5.60 Å². The smallest absolute Gasteiger partial charge is 0.407 e. The van der Waals surface area contributed by atoms with Gasteiger partial charge in [-0.2, -0.15) is 0 Å². The summed E-state index contributed by atoms with van der Waals surface area (Å²) < 4.78 is 11.8. The number of amides is 1. The molecule has 0 atom stereocenters. The molecule has 1 N–H and O–H groups in total. The second-order valence-electron chi connectivity index (χ2n) is 9.00. The molecule has 22 heavy (non-hydrogen) atoms. The fourth-order valence-corrected chi connectivity index (χ4v) is 3.82. The lowest BCUT2D eigenvalue weighted by molar-refractivity contribution is 0.0466. The Balaban J connectivity index is 2.40. The lowest BCUT2D eigenvalue weighted by atomic mass is 9.93. The minimum atomic E-state index is -1.69. The predicted octanol–water partition coefficient (Wildman–Crippen LogP) is 4.84. The predicted molar refractivity (Wildman–Crippen MR) is 93.7 cm³/mol. The Labute approximate surface area is 137 Å². The van der Waals surface area contributed by atoms with Crippen molar-refractivity contribution >= 4 is 14.4 Å². The highest BCUT2D eigenvalue weighted by atomic mass is 28.4. The Kier molecular flexibility index (Phi) is 6.12. The third kappa shape index (κ3) is 6.29. The fraction of sp³-hybridized carbons (Fsp3) is 0.941. The normalized spacial score (nSPS) is 24.0. The van der Waals surface area contributed by atoms with E-state index in [1.807, 2.05) is 20.8 Å².